The third-order valence-corrected chi connectivity index (χ3v) is 0.992. The molecule has 0 spiro atoms. The predicted octanol–water partition coefficient (Wildman–Crippen LogP) is 2.90. The molecule has 1 aromatic heterocycles. The minimum Gasteiger partial charge on any atom is -0.242 e. The molecule has 0 N–H and O–H groups in total. The van der Waals surface area contributed by atoms with E-state index >= 15 is 0 Å². The van der Waals surface area contributed by atoms with Crippen molar-refractivity contribution in [2.75, 3.05) is 0 Å². The van der Waals surface area contributed by atoms with Crippen LogP contribution in [-0.2, 0) is 0 Å². The fourth-order valence-corrected chi connectivity index (χ4v) is 0.486. The van der Waals surface area contributed by atoms with Gasteiger partial charge in [-0.1, -0.05) is 25.4 Å². The lowest BCUT2D eigenvalue weighted by atomic mass is 10.5. The maximum atomic E-state index is 12.1. The van der Waals surface area contributed by atoms with E-state index in [0.717, 1.165) is 0 Å². The number of aromatic nitrogens is 1. The van der Waals surface area contributed by atoms with E-state index in [9.17, 15) is 4.39 Å². The molecule has 0 aliphatic heterocycles. The molecule has 0 saturated heterocycles. The van der Waals surface area contributed by atoms with Crippen molar-refractivity contribution in [3.8, 4) is 0 Å². The fourth-order valence-electron chi connectivity index (χ4n) is 0.366. The Kier molecular flexibility index (Phi) is 4.85. The Morgan fingerprint density at radius 2 is 2.10 bits per heavy atom. The van der Waals surface area contributed by atoms with Gasteiger partial charge in [-0.15, -0.1) is 0 Å². The topological polar surface area (TPSA) is 12.9 Å². The Balaban J connectivity index is 0.000000371. The molecule has 0 unspecified atom stereocenters. The van der Waals surface area contributed by atoms with Crippen LogP contribution in [0.25, 0.3) is 0 Å². The average Bonchev–Trinajstić information content (AvgIpc) is 2.00. The lowest BCUT2D eigenvalue weighted by Gasteiger charge is -1.86. The summed E-state index contributed by atoms with van der Waals surface area (Å²) in [4.78, 5) is 3.47. The van der Waals surface area contributed by atoms with Gasteiger partial charge in [-0.3, -0.25) is 0 Å². The van der Waals surface area contributed by atoms with E-state index < -0.39 is 5.82 Å². The van der Waals surface area contributed by atoms with Gasteiger partial charge < -0.3 is 0 Å². The van der Waals surface area contributed by atoms with E-state index in [0.29, 0.717) is 0 Å². The van der Waals surface area contributed by atoms with Crippen molar-refractivity contribution in [3.63, 3.8) is 0 Å². The van der Waals surface area contributed by atoms with Gasteiger partial charge in [-0.2, -0.15) is 0 Å². The van der Waals surface area contributed by atoms with Crippen LogP contribution < -0.4 is 0 Å². The summed E-state index contributed by atoms with van der Waals surface area (Å²) in [5.74, 6) is -0.478. The van der Waals surface area contributed by atoms with Crippen molar-refractivity contribution in [2.45, 2.75) is 13.8 Å². The second-order valence-corrected chi connectivity index (χ2v) is 1.63. The summed E-state index contributed by atoms with van der Waals surface area (Å²) < 4.78 is 12.1. The molecule has 0 amide bonds. The van der Waals surface area contributed by atoms with Crippen LogP contribution in [0, 0.1) is 5.82 Å². The second-order valence-electron chi connectivity index (χ2n) is 1.28. The highest BCUT2D eigenvalue weighted by Gasteiger charge is 1.93. The van der Waals surface area contributed by atoms with Crippen LogP contribution in [-0.4, -0.2) is 4.98 Å². The lowest BCUT2D eigenvalue weighted by molar-refractivity contribution is 0.622. The van der Waals surface area contributed by atoms with Crippen molar-refractivity contribution < 1.29 is 4.39 Å². The van der Waals surface area contributed by atoms with Crippen LogP contribution in [0.5, 0.6) is 0 Å². The summed E-state index contributed by atoms with van der Waals surface area (Å²) in [6.45, 7) is 4.00. The molecule has 0 radical (unpaired) electrons. The number of pyridine rings is 1. The van der Waals surface area contributed by atoms with E-state index in [1.807, 2.05) is 13.8 Å². The SMILES string of the molecule is CC.Fc1cccnc1Cl. The Morgan fingerprint density at radius 3 is 2.40 bits per heavy atom. The summed E-state index contributed by atoms with van der Waals surface area (Å²) in [7, 11) is 0. The van der Waals surface area contributed by atoms with E-state index in [4.69, 9.17) is 11.6 Å². The molecular weight excluding hydrogens is 153 g/mol. The molecule has 10 heavy (non-hydrogen) atoms. The first-order valence-electron chi connectivity index (χ1n) is 3.07. The van der Waals surface area contributed by atoms with Gasteiger partial charge in [0.1, 0.15) is 0 Å². The zero-order chi connectivity index (χ0) is 7.98. The largest absolute Gasteiger partial charge is 0.242 e. The highest BCUT2D eigenvalue weighted by atomic mass is 35.5. The smallest absolute Gasteiger partial charge is 0.164 e. The Bertz CT molecular complexity index is 170. The summed E-state index contributed by atoms with van der Waals surface area (Å²) in [5.41, 5.74) is 0. The molecule has 0 aliphatic rings. The summed E-state index contributed by atoms with van der Waals surface area (Å²) >= 11 is 5.22. The second kappa shape index (κ2) is 5.18. The molecule has 0 atom stereocenters. The maximum absolute atomic E-state index is 12.1. The first-order chi connectivity index (χ1) is 4.80. The third kappa shape index (κ3) is 2.78. The first kappa shape index (κ1) is 9.37. The molecule has 1 aromatic rings. The van der Waals surface area contributed by atoms with Gasteiger partial charge in [0.2, 0.25) is 0 Å². The van der Waals surface area contributed by atoms with Crippen LogP contribution in [0.4, 0.5) is 4.39 Å². The fraction of sp³-hybridized carbons (Fsp3) is 0.286. The highest BCUT2D eigenvalue weighted by molar-refractivity contribution is 6.29. The van der Waals surface area contributed by atoms with Crippen molar-refractivity contribution in [3.05, 3.63) is 29.3 Å². The molecule has 0 aromatic carbocycles. The summed E-state index contributed by atoms with van der Waals surface area (Å²) in [5, 5.41) is -0.0764. The van der Waals surface area contributed by atoms with Crippen molar-refractivity contribution in [2.24, 2.45) is 0 Å². The van der Waals surface area contributed by atoms with Crippen molar-refractivity contribution in [1.29, 1.82) is 0 Å². The average molecular weight is 162 g/mol. The highest BCUT2D eigenvalue weighted by Crippen LogP contribution is 2.07. The minimum atomic E-state index is -0.478. The molecule has 1 rings (SSSR count). The molecule has 0 bridgehead atoms. The van der Waals surface area contributed by atoms with Gasteiger partial charge in [0, 0.05) is 6.20 Å². The van der Waals surface area contributed by atoms with E-state index in [1.54, 1.807) is 0 Å². The molecule has 0 aliphatic carbocycles. The van der Waals surface area contributed by atoms with Gasteiger partial charge in [-0.25, -0.2) is 9.37 Å². The molecular formula is C7H9ClFN. The number of hydrogen-bond donors (Lipinski definition) is 0. The molecule has 1 nitrogen and oxygen atoms in total. The number of rotatable bonds is 0. The molecule has 0 saturated carbocycles. The zero-order valence-corrected chi connectivity index (χ0v) is 6.69. The van der Waals surface area contributed by atoms with Crippen molar-refractivity contribution >= 4 is 11.6 Å². The normalized spacial score (nSPS) is 8.00. The van der Waals surface area contributed by atoms with Gasteiger partial charge in [0.25, 0.3) is 0 Å². The predicted molar refractivity (Wildman–Crippen MR) is 40.6 cm³/mol. The monoisotopic (exact) mass is 161 g/mol. The van der Waals surface area contributed by atoms with Gasteiger partial charge in [0.05, 0.1) is 0 Å². The van der Waals surface area contributed by atoms with Crippen LogP contribution in [0.2, 0.25) is 5.15 Å². The van der Waals surface area contributed by atoms with Gasteiger partial charge >= 0.3 is 0 Å². The standard InChI is InChI=1S/C5H3ClFN.C2H6/c6-5-4(7)2-1-3-8-5;1-2/h1-3H;1-2H3. The molecule has 1 heterocycles. The van der Waals surface area contributed by atoms with Crippen molar-refractivity contribution in [1.82, 2.24) is 4.98 Å². The van der Waals surface area contributed by atoms with Crippen LogP contribution in [0.1, 0.15) is 13.8 Å². The Labute approximate surface area is 64.9 Å². The molecule has 56 valence electrons. The number of nitrogens with zero attached hydrogens (tertiary/aromatic N) is 1. The lowest BCUT2D eigenvalue weighted by Crippen LogP contribution is -1.77. The zero-order valence-electron chi connectivity index (χ0n) is 5.94. The third-order valence-electron chi connectivity index (χ3n) is 0.714. The van der Waals surface area contributed by atoms with E-state index in [1.165, 1.54) is 18.3 Å². The first-order valence-corrected chi connectivity index (χ1v) is 3.44. The van der Waals surface area contributed by atoms with Gasteiger partial charge in [-0.05, 0) is 12.1 Å². The van der Waals surface area contributed by atoms with E-state index in [-0.39, 0.29) is 5.15 Å². The molecule has 3 heteroatoms. The van der Waals surface area contributed by atoms with Crippen LogP contribution >= 0.6 is 11.6 Å². The van der Waals surface area contributed by atoms with Crippen LogP contribution in [0.15, 0.2) is 18.3 Å². The summed E-state index contributed by atoms with van der Waals surface area (Å²) in [6, 6.07) is 2.75. The van der Waals surface area contributed by atoms with Gasteiger partial charge in [0.15, 0.2) is 11.0 Å². The van der Waals surface area contributed by atoms with Crippen LogP contribution in [0.3, 0.4) is 0 Å². The maximum Gasteiger partial charge on any atom is 0.164 e. The van der Waals surface area contributed by atoms with E-state index in [2.05, 4.69) is 4.98 Å². The quantitative estimate of drug-likeness (QED) is 0.534. The Morgan fingerprint density at radius 1 is 1.50 bits per heavy atom. The number of halogens is 2. The molecule has 0 fully saturated rings. The minimum absolute atomic E-state index is 0.0764. The Hall–Kier alpha value is -0.630. The number of hydrogen-bond acceptors (Lipinski definition) is 1. The summed E-state index contributed by atoms with van der Waals surface area (Å²) in [6.07, 6.45) is 1.44.